The van der Waals surface area contributed by atoms with E-state index in [0.29, 0.717) is 44.3 Å². The molecule has 8 rings (SSSR count). The Balaban J connectivity index is 0.000000418. The molecule has 28 atom stereocenters. The molecular weight excluding hydrogens is 1430 g/mol. The van der Waals surface area contributed by atoms with Crippen molar-refractivity contribution in [3.63, 3.8) is 0 Å². The quantitative estimate of drug-likeness (QED) is 0.227. The van der Waals surface area contributed by atoms with Crippen molar-refractivity contribution < 1.29 is 16.5 Å². The predicted molar refractivity (Wildman–Crippen MR) is 500 cm³/mol. The average molecular weight is 1630 g/mol. The molecule has 28 unspecified atom stereocenters. The van der Waals surface area contributed by atoms with Crippen LogP contribution in [0.5, 0.6) is 0 Å². The maximum absolute atomic E-state index is 8.18. The second-order valence-electron chi connectivity index (χ2n) is 48.6. The average Bonchev–Trinajstić information content (AvgIpc) is 0.777. The lowest BCUT2D eigenvalue weighted by Gasteiger charge is -2.52. The summed E-state index contributed by atoms with van der Waals surface area (Å²) in [4.78, 5) is 0. The van der Waals surface area contributed by atoms with E-state index in [1.165, 1.54) is 161 Å². The first-order valence-corrected chi connectivity index (χ1v) is 71.5. The molecule has 0 amide bonds. The molecule has 7 aliphatic carbocycles. The van der Waals surface area contributed by atoms with E-state index in [-0.39, 0.29) is 0 Å². The summed E-state index contributed by atoms with van der Waals surface area (Å²) in [5.74, 6) is 20.1. The minimum atomic E-state index is -2.11. The van der Waals surface area contributed by atoms with E-state index in [1.54, 1.807) is 0 Å². The summed E-state index contributed by atoms with van der Waals surface area (Å²) in [6, 6.07) is 0. The van der Waals surface area contributed by atoms with Gasteiger partial charge in [0.1, 0.15) is 0 Å². The van der Waals surface area contributed by atoms with E-state index in [0.717, 1.165) is 136 Å². The van der Waals surface area contributed by atoms with Gasteiger partial charge in [0.05, 0.1) is 0 Å². The van der Waals surface area contributed by atoms with Crippen LogP contribution in [0.15, 0.2) is 0 Å². The number of fused-ring (bicyclic) bond motifs is 8. The second kappa shape index (κ2) is 41.5. The van der Waals surface area contributed by atoms with Crippen LogP contribution in [0.1, 0.15) is 320 Å². The van der Waals surface area contributed by atoms with Crippen LogP contribution in [0, 0.1) is 136 Å². The molecule has 0 aromatic heterocycles. The molecule has 0 aromatic rings. The normalized spacial score (nSPS) is 46.1. The van der Waals surface area contributed by atoms with Crippen LogP contribution in [0.3, 0.4) is 0 Å². The van der Waals surface area contributed by atoms with Crippen LogP contribution in [-0.2, 0) is 16.5 Å². The van der Waals surface area contributed by atoms with Gasteiger partial charge in [0.15, 0.2) is 66.5 Å². The SMILES string of the molecule is CC1CC(C)C(C)CC(C)C(C)C1.CC1CC(C)C(C)CC(C)C(C)C1.CC1CC(C)C(C)CC(C)C(C)C1.CC1CC(C)CC2CC(C1)[Si](C)(C)O[Si](C)(C)C1CC(C)CC(C)CC(C1)[Si](C)(C)O[Si](C)(C)C1CC(C)CC(C)CC(C1)[Si](C)(C)O[Si](C)(C)C1CC(C)CC(C)CC(C1)[Si](C)(C)O[Si]2(C)C. The molecule has 1 heterocycles. The number of hydrogen-bond acceptors (Lipinski definition) is 4. The van der Waals surface area contributed by atoms with Gasteiger partial charge in [0.2, 0.25) is 0 Å². The van der Waals surface area contributed by atoms with E-state index in [9.17, 15) is 0 Å². The van der Waals surface area contributed by atoms with Crippen LogP contribution in [0.2, 0.25) is 149 Å². The second-order valence-corrected chi connectivity index (χ2v) is 84.0. The fourth-order valence-corrected chi connectivity index (χ4v) is 68.7. The predicted octanol–water partition coefficient (Wildman–Crippen LogP) is 33.1. The summed E-state index contributed by atoms with van der Waals surface area (Å²) in [6.07, 6.45) is 34.6. The third-order valence-corrected chi connectivity index (χ3v) is 70.0. The van der Waals surface area contributed by atoms with Crippen molar-refractivity contribution in [3.8, 4) is 0 Å². The van der Waals surface area contributed by atoms with E-state index in [1.807, 2.05) is 0 Å². The molecule has 1 aliphatic heterocycles. The van der Waals surface area contributed by atoms with Crippen molar-refractivity contribution in [1.29, 1.82) is 0 Å². The molecule has 8 aliphatic rings. The minimum absolute atomic E-state index is 0.692. The third kappa shape index (κ3) is 30.7. The molecule has 634 valence electrons. The fraction of sp³-hybridized carbons (Fsp3) is 1.00. The van der Waals surface area contributed by atoms with Gasteiger partial charge in [0.25, 0.3) is 0 Å². The zero-order chi connectivity index (χ0) is 81.4. The van der Waals surface area contributed by atoms with Gasteiger partial charge in [-0.1, -0.05) is 159 Å². The highest BCUT2D eigenvalue weighted by atomic mass is 28.4. The fourth-order valence-electron chi connectivity index (χ4n) is 26.1. The van der Waals surface area contributed by atoms with Gasteiger partial charge in [-0.15, -0.1) is 0 Å². The van der Waals surface area contributed by atoms with Crippen molar-refractivity contribution in [2.24, 2.45) is 136 Å². The van der Waals surface area contributed by atoms with E-state index in [2.05, 4.69) is 264 Å². The molecule has 0 spiro atoms. The molecule has 12 heteroatoms. The zero-order valence-corrected chi connectivity index (χ0v) is 88.2. The summed E-state index contributed by atoms with van der Waals surface area (Å²) in [5, 5.41) is 0. The third-order valence-electron chi connectivity index (χ3n) is 33.7. The Kier molecular flexibility index (Phi) is 38.5. The molecule has 8 bridgehead atoms. The summed E-state index contributed by atoms with van der Waals surface area (Å²) < 4.78 is 32.7. The monoisotopic (exact) mass is 1630 g/mol. The van der Waals surface area contributed by atoms with Crippen molar-refractivity contribution >= 4 is 66.5 Å². The zero-order valence-electron chi connectivity index (χ0n) is 80.2. The Labute approximate surface area is 683 Å². The lowest BCUT2D eigenvalue weighted by Crippen LogP contribution is -2.56. The molecule has 1 saturated heterocycles. The van der Waals surface area contributed by atoms with Crippen molar-refractivity contribution in [2.75, 3.05) is 0 Å². The Morgan fingerprint density at radius 3 is 0.327 bits per heavy atom. The van der Waals surface area contributed by atoms with Crippen LogP contribution < -0.4 is 0 Å². The van der Waals surface area contributed by atoms with E-state index >= 15 is 0 Å². The van der Waals surface area contributed by atoms with Gasteiger partial charge in [-0.05, 0) is 446 Å². The highest BCUT2D eigenvalue weighted by molar-refractivity contribution is 6.89. The van der Waals surface area contributed by atoms with Gasteiger partial charge < -0.3 is 16.5 Å². The van der Waals surface area contributed by atoms with Gasteiger partial charge in [0, 0.05) is 0 Å². The summed E-state index contributed by atoms with van der Waals surface area (Å²) in [6.45, 7) is 100. The van der Waals surface area contributed by atoms with Crippen LogP contribution in [0.25, 0.3) is 0 Å². The molecular formula is C95H198O4Si8. The van der Waals surface area contributed by atoms with Gasteiger partial charge in [-0.3, -0.25) is 0 Å². The molecule has 4 nitrogen and oxygen atoms in total. The summed E-state index contributed by atoms with van der Waals surface area (Å²) in [5.41, 5.74) is 5.53. The van der Waals surface area contributed by atoms with Crippen LogP contribution >= 0.6 is 0 Å². The number of hydrogen-bond donors (Lipinski definition) is 0. The van der Waals surface area contributed by atoms with Crippen molar-refractivity contribution in [2.45, 2.75) is 469 Å². The Hall–Kier alpha value is 1.58. The number of rotatable bonds is 0. The first-order valence-electron chi connectivity index (χ1n) is 47.6. The van der Waals surface area contributed by atoms with Crippen LogP contribution in [-0.4, -0.2) is 66.5 Å². The van der Waals surface area contributed by atoms with E-state index < -0.39 is 66.5 Å². The molecule has 0 radical (unpaired) electrons. The molecule has 0 aromatic carbocycles. The van der Waals surface area contributed by atoms with Gasteiger partial charge >= 0.3 is 0 Å². The maximum Gasteiger partial charge on any atom is 0.176 e. The lowest BCUT2D eigenvalue weighted by molar-refractivity contribution is 0.173. The molecule has 8 fully saturated rings. The first-order chi connectivity index (χ1) is 48.8. The van der Waals surface area contributed by atoms with Crippen LogP contribution in [0.4, 0.5) is 0 Å². The summed E-state index contributed by atoms with van der Waals surface area (Å²) in [7, 11) is -16.9. The first kappa shape index (κ1) is 99.1. The molecule has 0 N–H and O–H groups in total. The Morgan fingerprint density at radius 2 is 0.215 bits per heavy atom. The van der Waals surface area contributed by atoms with Crippen molar-refractivity contribution in [1.82, 2.24) is 0 Å². The summed E-state index contributed by atoms with van der Waals surface area (Å²) >= 11 is 0. The highest BCUT2D eigenvalue weighted by Gasteiger charge is 2.55. The standard InChI is InChI=1S/C56H120O4Si8.3C13H26/c1-41-25-42(2)30-50-37-49(29-41)61(9,10)57-63(13,14)51-31-43(3)26-44(4)32-52(38-51)65(17,18)59-67(21,22)55-35-47(7)28-48(8)36-56(40-55)68(23,24)60-66(19,20)54-34-46(6)27-45(5)33-53(39-54)64(15,16)58-62(50,11)12;3*1-9-6-10(2)12(4)8-13(5)11(3)7-9/h41-56H,25-40H2,1-24H3;3*9-13H,6-8H2,1-5H3. The largest absolute Gasteiger partial charge is 0.455 e. The Morgan fingerprint density at radius 1 is 0.121 bits per heavy atom. The smallest absolute Gasteiger partial charge is 0.176 e. The molecule has 7 saturated carbocycles. The maximum atomic E-state index is 8.18. The lowest BCUT2D eigenvalue weighted by atomic mass is 9.72. The molecule has 107 heavy (non-hydrogen) atoms. The minimum Gasteiger partial charge on any atom is -0.455 e. The van der Waals surface area contributed by atoms with Crippen molar-refractivity contribution in [3.05, 3.63) is 0 Å². The van der Waals surface area contributed by atoms with Gasteiger partial charge in [-0.2, -0.15) is 0 Å². The highest BCUT2D eigenvalue weighted by Crippen LogP contribution is 2.57. The topological polar surface area (TPSA) is 36.9 Å². The van der Waals surface area contributed by atoms with Gasteiger partial charge in [-0.25, -0.2) is 0 Å². The Bertz CT molecular complexity index is 2080. The van der Waals surface area contributed by atoms with E-state index in [4.69, 9.17) is 16.5 Å².